The van der Waals surface area contributed by atoms with E-state index < -0.39 is 0 Å². The number of hydrogen-bond acceptors (Lipinski definition) is 2. The number of unbranched alkanes of at least 4 members (excludes halogenated alkanes) is 2. The molecular formula is C21H37N3. The summed E-state index contributed by atoms with van der Waals surface area (Å²) in [5.41, 5.74) is 3.01. The van der Waals surface area contributed by atoms with Crippen LogP contribution in [0.15, 0.2) is 29.9 Å². The van der Waals surface area contributed by atoms with Crippen molar-refractivity contribution < 1.29 is 0 Å². The molecule has 0 aromatic carbocycles. The van der Waals surface area contributed by atoms with Crippen LogP contribution in [-0.2, 0) is 0 Å². The molecule has 1 rings (SSSR count). The molecule has 1 aromatic heterocycles. The van der Waals surface area contributed by atoms with Gasteiger partial charge in [0, 0.05) is 25.0 Å². The van der Waals surface area contributed by atoms with Gasteiger partial charge in [0.05, 0.1) is 11.9 Å². The number of allylic oxidation sites excluding steroid dienone is 4. The van der Waals surface area contributed by atoms with Crippen LogP contribution in [0, 0.1) is 0 Å². The van der Waals surface area contributed by atoms with Crippen molar-refractivity contribution in [3.63, 3.8) is 0 Å². The molecule has 0 radical (unpaired) electrons. The van der Waals surface area contributed by atoms with Gasteiger partial charge < -0.3 is 0 Å². The zero-order valence-corrected chi connectivity index (χ0v) is 17.1. The molecule has 0 bridgehead atoms. The lowest BCUT2D eigenvalue weighted by molar-refractivity contribution is 0.772. The highest BCUT2D eigenvalue weighted by Gasteiger charge is 2.10. The highest BCUT2D eigenvalue weighted by Crippen LogP contribution is 2.19. The van der Waals surface area contributed by atoms with Gasteiger partial charge in [-0.25, -0.2) is 4.98 Å². The van der Waals surface area contributed by atoms with Crippen LogP contribution in [0.25, 0.3) is 17.3 Å². The molecule has 3 nitrogen and oxygen atoms in total. The molecule has 0 fully saturated rings. The van der Waals surface area contributed by atoms with Gasteiger partial charge in [-0.2, -0.15) is 0 Å². The molecule has 3 heteroatoms. The third kappa shape index (κ3) is 8.66. The van der Waals surface area contributed by atoms with Crippen molar-refractivity contribution >= 4 is 23.6 Å². The maximum absolute atomic E-state index is 4.40. The minimum Gasteiger partial charge on any atom is -0.300 e. The van der Waals surface area contributed by atoms with Crippen molar-refractivity contribution in [2.75, 3.05) is 7.05 Å². The first-order valence-electron chi connectivity index (χ1n) is 9.01. The van der Waals surface area contributed by atoms with Gasteiger partial charge in [-0.3, -0.25) is 9.56 Å². The van der Waals surface area contributed by atoms with Crippen LogP contribution in [-0.4, -0.2) is 22.8 Å². The third-order valence-electron chi connectivity index (χ3n) is 3.06. The number of aliphatic imine (C=N–C) groups is 1. The molecule has 0 saturated heterocycles. The summed E-state index contributed by atoms with van der Waals surface area (Å²) in [6, 6.07) is 0. The summed E-state index contributed by atoms with van der Waals surface area (Å²) in [6.07, 6.45) is 13.7. The van der Waals surface area contributed by atoms with Crippen LogP contribution in [0.4, 0.5) is 0 Å². The molecule has 24 heavy (non-hydrogen) atoms. The predicted octanol–water partition coefficient (Wildman–Crippen LogP) is 6.73. The number of aromatic nitrogens is 2. The van der Waals surface area contributed by atoms with Crippen molar-refractivity contribution in [1.29, 1.82) is 0 Å². The van der Waals surface area contributed by atoms with Gasteiger partial charge in [0.2, 0.25) is 0 Å². The van der Waals surface area contributed by atoms with Crippen LogP contribution in [0.1, 0.15) is 79.2 Å². The van der Waals surface area contributed by atoms with E-state index in [1.807, 2.05) is 69.9 Å². The van der Waals surface area contributed by atoms with Gasteiger partial charge >= 0.3 is 0 Å². The van der Waals surface area contributed by atoms with Gasteiger partial charge in [-0.1, -0.05) is 65.7 Å². The van der Waals surface area contributed by atoms with E-state index in [2.05, 4.69) is 30.4 Å². The smallest absolute Gasteiger partial charge is 0.139 e. The normalized spacial score (nSPS) is 11.1. The summed E-state index contributed by atoms with van der Waals surface area (Å²) >= 11 is 0. The molecular weight excluding hydrogens is 294 g/mol. The van der Waals surface area contributed by atoms with Gasteiger partial charge in [0.25, 0.3) is 0 Å². The van der Waals surface area contributed by atoms with E-state index in [-0.39, 0.29) is 0 Å². The Hall–Kier alpha value is -1.90. The lowest BCUT2D eigenvalue weighted by Gasteiger charge is -2.07. The van der Waals surface area contributed by atoms with Gasteiger partial charge in [0.15, 0.2) is 0 Å². The van der Waals surface area contributed by atoms with E-state index in [1.165, 1.54) is 19.3 Å². The zero-order valence-electron chi connectivity index (χ0n) is 17.1. The molecule has 0 N–H and O–H groups in total. The average Bonchev–Trinajstić information content (AvgIpc) is 3.00. The molecule has 0 aliphatic carbocycles. The third-order valence-corrected chi connectivity index (χ3v) is 3.06. The second-order valence-corrected chi connectivity index (χ2v) is 5.08. The summed E-state index contributed by atoms with van der Waals surface area (Å²) in [5, 5.41) is 0. The highest BCUT2D eigenvalue weighted by atomic mass is 15.1. The SMILES string of the molecule is C=C(C)c1ncc(/C(C=NC)=C/C)n1/C=C\C.CC.CCCCC. The maximum Gasteiger partial charge on any atom is 0.139 e. The lowest BCUT2D eigenvalue weighted by Crippen LogP contribution is -1.99. The number of nitrogens with zero attached hydrogens (tertiary/aromatic N) is 3. The quantitative estimate of drug-likeness (QED) is 0.531. The minimum atomic E-state index is 0.877. The lowest BCUT2D eigenvalue weighted by atomic mass is 10.2. The Labute approximate surface area is 149 Å². The largest absolute Gasteiger partial charge is 0.300 e. The Balaban J connectivity index is 0. The van der Waals surface area contributed by atoms with Gasteiger partial charge in [-0.05, 0) is 26.3 Å². The average molecular weight is 332 g/mol. The molecule has 0 aliphatic rings. The topological polar surface area (TPSA) is 30.2 Å². The van der Waals surface area contributed by atoms with Crippen molar-refractivity contribution in [3.8, 4) is 0 Å². The number of imidazole rings is 1. The van der Waals surface area contributed by atoms with E-state index in [9.17, 15) is 0 Å². The second kappa shape index (κ2) is 16.0. The van der Waals surface area contributed by atoms with E-state index in [1.54, 1.807) is 7.05 Å². The zero-order chi connectivity index (χ0) is 19.0. The van der Waals surface area contributed by atoms with Crippen LogP contribution in [0.2, 0.25) is 0 Å². The fourth-order valence-electron chi connectivity index (χ4n) is 1.97. The minimum absolute atomic E-state index is 0.877. The molecule has 0 aliphatic heterocycles. The first-order chi connectivity index (χ1) is 11.6. The summed E-state index contributed by atoms with van der Waals surface area (Å²) in [5.74, 6) is 0.877. The molecule has 136 valence electrons. The maximum atomic E-state index is 4.40. The number of hydrogen-bond donors (Lipinski definition) is 0. The van der Waals surface area contributed by atoms with Gasteiger partial charge in [0.1, 0.15) is 5.82 Å². The fraction of sp³-hybridized carbons (Fsp3) is 0.524. The fourth-order valence-corrected chi connectivity index (χ4v) is 1.97. The first-order valence-corrected chi connectivity index (χ1v) is 9.01. The predicted molar refractivity (Wildman–Crippen MR) is 113 cm³/mol. The van der Waals surface area contributed by atoms with Crippen LogP contribution in [0.5, 0.6) is 0 Å². The molecule has 0 atom stereocenters. The Morgan fingerprint density at radius 3 is 2.17 bits per heavy atom. The van der Waals surface area contributed by atoms with E-state index in [0.29, 0.717) is 0 Å². The van der Waals surface area contributed by atoms with Crippen molar-refractivity contribution in [2.24, 2.45) is 4.99 Å². The molecule has 0 spiro atoms. The molecule has 0 unspecified atom stereocenters. The van der Waals surface area contributed by atoms with Crippen LogP contribution >= 0.6 is 0 Å². The summed E-state index contributed by atoms with van der Waals surface area (Å²) in [4.78, 5) is 8.45. The highest BCUT2D eigenvalue weighted by molar-refractivity contribution is 6.09. The Morgan fingerprint density at radius 1 is 1.25 bits per heavy atom. The molecule has 0 saturated carbocycles. The Kier molecular flexibility index (Phi) is 16.2. The van der Waals surface area contributed by atoms with Crippen LogP contribution < -0.4 is 0 Å². The van der Waals surface area contributed by atoms with Crippen LogP contribution in [0.3, 0.4) is 0 Å². The summed E-state index contributed by atoms with van der Waals surface area (Å²) < 4.78 is 2.03. The van der Waals surface area contributed by atoms with Crippen molar-refractivity contribution in [3.05, 3.63) is 36.4 Å². The van der Waals surface area contributed by atoms with E-state index in [4.69, 9.17) is 0 Å². The van der Waals surface area contributed by atoms with Crippen molar-refractivity contribution in [1.82, 2.24) is 9.55 Å². The monoisotopic (exact) mass is 331 g/mol. The standard InChI is InChI=1S/C14H19N3.C5H12.C2H6/c1-6-8-17-13(12(7-2)9-15-5)10-16-14(17)11(3)4;1-3-5-4-2;1-2/h6-10H,3H2,1-2,4-5H3;3-5H2,1-2H3;1-2H3/b8-6-,12-7+,15-9?;;. The van der Waals surface area contributed by atoms with Crippen molar-refractivity contribution in [2.45, 2.75) is 67.7 Å². The second-order valence-electron chi connectivity index (χ2n) is 5.08. The Bertz CT molecular complexity index is 529. The molecule has 1 heterocycles. The van der Waals surface area contributed by atoms with Gasteiger partial charge in [-0.15, -0.1) is 0 Å². The molecule has 1 aromatic rings. The summed E-state index contributed by atoms with van der Waals surface area (Å²) in [7, 11) is 1.76. The first kappa shape index (κ1) is 24.4. The summed E-state index contributed by atoms with van der Waals surface area (Å²) in [6.45, 7) is 18.3. The molecule has 0 amide bonds. The number of rotatable bonds is 6. The van der Waals surface area contributed by atoms with E-state index in [0.717, 1.165) is 22.7 Å². The Morgan fingerprint density at radius 2 is 1.83 bits per heavy atom. The van der Waals surface area contributed by atoms with E-state index >= 15 is 0 Å².